The molecular weight excluding hydrogens is 198 g/mol. The van der Waals surface area contributed by atoms with Gasteiger partial charge in [0.05, 0.1) is 6.54 Å². The van der Waals surface area contributed by atoms with Crippen molar-refractivity contribution in [2.75, 3.05) is 6.54 Å². The van der Waals surface area contributed by atoms with Crippen molar-refractivity contribution in [3.05, 3.63) is 0 Å². The summed E-state index contributed by atoms with van der Waals surface area (Å²) in [5.74, 6) is -1.61. The topological polar surface area (TPSA) is 86.6 Å². The van der Waals surface area contributed by atoms with Gasteiger partial charge in [-0.2, -0.15) is 0 Å². The van der Waals surface area contributed by atoms with Crippen LogP contribution in [-0.2, 0) is 9.59 Å². The number of amides is 1. The Morgan fingerprint density at radius 2 is 1.67 bits per heavy atom. The van der Waals surface area contributed by atoms with Gasteiger partial charge in [0.2, 0.25) is 5.91 Å². The second-order valence-electron chi connectivity index (χ2n) is 5.09. The number of rotatable bonds is 4. The SMILES string of the molecule is CC(C)(C)CC(=O)NCC(C)(O)C(=O)O. The average molecular weight is 217 g/mol. The molecule has 1 atom stereocenters. The Kier molecular flexibility index (Phi) is 4.27. The number of aliphatic hydroxyl groups is 1. The van der Waals surface area contributed by atoms with Gasteiger partial charge in [-0.3, -0.25) is 4.79 Å². The van der Waals surface area contributed by atoms with Crippen molar-refractivity contribution in [1.82, 2.24) is 5.32 Å². The molecule has 0 aromatic heterocycles. The highest BCUT2D eigenvalue weighted by molar-refractivity contribution is 5.80. The highest BCUT2D eigenvalue weighted by Gasteiger charge is 2.30. The lowest BCUT2D eigenvalue weighted by atomic mass is 9.92. The van der Waals surface area contributed by atoms with Gasteiger partial charge < -0.3 is 15.5 Å². The predicted molar refractivity (Wildman–Crippen MR) is 55.3 cm³/mol. The molecule has 0 bridgehead atoms. The number of hydrogen-bond acceptors (Lipinski definition) is 3. The largest absolute Gasteiger partial charge is 0.479 e. The van der Waals surface area contributed by atoms with E-state index in [9.17, 15) is 14.7 Å². The Labute approximate surface area is 89.5 Å². The molecule has 0 aliphatic carbocycles. The summed E-state index contributed by atoms with van der Waals surface area (Å²) in [6, 6.07) is 0. The quantitative estimate of drug-likeness (QED) is 0.635. The van der Waals surface area contributed by atoms with E-state index >= 15 is 0 Å². The maximum Gasteiger partial charge on any atom is 0.337 e. The van der Waals surface area contributed by atoms with Crippen molar-refractivity contribution >= 4 is 11.9 Å². The zero-order chi connectivity index (χ0) is 12.3. The van der Waals surface area contributed by atoms with Gasteiger partial charge in [-0.25, -0.2) is 4.79 Å². The highest BCUT2D eigenvalue weighted by atomic mass is 16.4. The lowest BCUT2D eigenvalue weighted by molar-refractivity contribution is -0.156. The Hall–Kier alpha value is -1.10. The van der Waals surface area contributed by atoms with Crippen molar-refractivity contribution in [3.63, 3.8) is 0 Å². The van der Waals surface area contributed by atoms with Gasteiger partial charge in [0.15, 0.2) is 5.60 Å². The van der Waals surface area contributed by atoms with Crippen molar-refractivity contribution in [3.8, 4) is 0 Å². The maximum atomic E-state index is 11.3. The zero-order valence-electron chi connectivity index (χ0n) is 9.63. The molecule has 0 heterocycles. The van der Waals surface area contributed by atoms with Crippen LogP contribution < -0.4 is 5.32 Å². The first kappa shape index (κ1) is 13.9. The first-order valence-corrected chi connectivity index (χ1v) is 4.77. The summed E-state index contributed by atoms with van der Waals surface area (Å²) in [7, 11) is 0. The summed E-state index contributed by atoms with van der Waals surface area (Å²) in [5.41, 5.74) is -2.06. The van der Waals surface area contributed by atoms with Crippen molar-refractivity contribution < 1.29 is 19.8 Å². The smallest absolute Gasteiger partial charge is 0.337 e. The number of carbonyl (C=O) groups is 2. The zero-order valence-corrected chi connectivity index (χ0v) is 9.63. The molecule has 0 fully saturated rings. The minimum atomic E-state index is -1.91. The minimum Gasteiger partial charge on any atom is -0.479 e. The number of nitrogens with one attached hydrogen (secondary N) is 1. The van der Waals surface area contributed by atoms with Crippen LogP contribution in [0.25, 0.3) is 0 Å². The summed E-state index contributed by atoms with van der Waals surface area (Å²) in [4.78, 5) is 21.8. The van der Waals surface area contributed by atoms with Crippen LogP contribution in [0.4, 0.5) is 0 Å². The van der Waals surface area contributed by atoms with E-state index in [0.29, 0.717) is 6.42 Å². The van der Waals surface area contributed by atoms with Gasteiger partial charge in [0.1, 0.15) is 0 Å². The van der Waals surface area contributed by atoms with Crippen LogP contribution in [0, 0.1) is 5.41 Å². The highest BCUT2D eigenvalue weighted by Crippen LogP contribution is 2.17. The number of carboxylic acid groups (broad SMARTS) is 1. The molecule has 3 N–H and O–H groups in total. The summed E-state index contributed by atoms with van der Waals surface area (Å²) in [6.45, 7) is 6.58. The second-order valence-corrected chi connectivity index (χ2v) is 5.09. The Morgan fingerprint density at radius 1 is 1.20 bits per heavy atom. The fraction of sp³-hybridized carbons (Fsp3) is 0.800. The van der Waals surface area contributed by atoms with E-state index in [0.717, 1.165) is 6.92 Å². The molecule has 0 aromatic rings. The molecule has 1 amide bonds. The van der Waals surface area contributed by atoms with Gasteiger partial charge >= 0.3 is 5.97 Å². The number of hydrogen-bond donors (Lipinski definition) is 3. The van der Waals surface area contributed by atoms with E-state index in [1.165, 1.54) is 0 Å². The van der Waals surface area contributed by atoms with E-state index in [1.807, 2.05) is 20.8 Å². The summed E-state index contributed by atoms with van der Waals surface area (Å²) in [6.07, 6.45) is 0.294. The molecule has 0 aliphatic rings. The molecule has 0 aromatic carbocycles. The Morgan fingerprint density at radius 3 is 2.00 bits per heavy atom. The molecule has 0 aliphatic heterocycles. The van der Waals surface area contributed by atoms with Crippen LogP contribution in [0.3, 0.4) is 0 Å². The molecule has 1 unspecified atom stereocenters. The van der Waals surface area contributed by atoms with E-state index in [-0.39, 0.29) is 17.9 Å². The standard InChI is InChI=1S/C10H19NO4/c1-9(2,3)5-7(12)11-6-10(4,15)8(13)14/h15H,5-6H2,1-4H3,(H,11,12)(H,13,14). The number of carboxylic acids is 1. The number of carbonyl (C=O) groups excluding carboxylic acids is 1. The molecule has 0 saturated carbocycles. The molecule has 88 valence electrons. The third-order valence-corrected chi connectivity index (χ3v) is 1.78. The van der Waals surface area contributed by atoms with Gasteiger partial charge in [-0.05, 0) is 12.3 Å². The Balaban J connectivity index is 4.07. The van der Waals surface area contributed by atoms with Crippen molar-refractivity contribution in [2.24, 2.45) is 5.41 Å². The molecule has 0 saturated heterocycles. The molecule has 5 nitrogen and oxygen atoms in total. The second kappa shape index (κ2) is 4.61. The fourth-order valence-electron chi connectivity index (χ4n) is 0.890. The molecule has 0 radical (unpaired) electrons. The van der Waals surface area contributed by atoms with Crippen LogP contribution >= 0.6 is 0 Å². The van der Waals surface area contributed by atoms with Crippen LogP contribution in [0.5, 0.6) is 0 Å². The lowest BCUT2D eigenvalue weighted by Gasteiger charge is -2.21. The van der Waals surface area contributed by atoms with Crippen LogP contribution in [0.15, 0.2) is 0 Å². The third-order valence-electron chi connectivity index (χ3n) is 1.78. The third kappa shape index (κ3) is 6.06. The summed E-state index contributed by atoms with van der Waals surface area (Å²) >= 11 is 0. The first-order chi connectivity index (χ1) is 6.54. The van der Waals surface area contributed by atoms with Crippen molar-refractivity contribution in [2.45, 2.75) is 39.7 Å². The monoisotopic (exact) mass is 217 g/mol. The first-order valence-electron chi connectivity index (χ1n) is 4.77. The van der Waals surface area contributed by atoms with Gasteiger partial charge in [-0.15, -0.1) is 0 Å². The van der Waals surface area contributed by atoms with Gasteiger partial charge in [0.25, 0.3) is 0 Å². The van der Waals surface area contributed by atoms with E-state index in [4.69, 9.17) is 5.11 Å². The lowest BCUT2D eigenvalue weighted by Crippen LogP contribution is -2.47. The fourth-order valence-corrected chi connectivity index (χ4v) is 0.890. The molecular formula is C10H19NO4. The molecule has 0 spiro atoms. The van der Waals surface area contributed by atoms with Crippen LogP contribution in [0.1, 0.15) is 34.1 Å². The average Bonchev–Trinajstić information content (AvgIpc) is 1.97. The molecule has 0 rings (SSSR count). The molecule has 5 heteroatoms. The van der Waals surface area contributed by atoms with E-state index < -0.39 is 11.6 Å². The maximum absolute atomic E-state index is 11.3. The van der Waals surface area contributed by atoms with Crippen molar-refractivity contribution in [1.29, 1.82) is 0 Å². The van der Waals surface area contributed by atoms with Gasteiger partial charge in [-0.1, -0.05) is 20.8 Å². The molecule has 15 heavy (non-hydrogen) atoms. The summed E-state index contributed by atoms with van der Waals surface area (Å²) < 4.78 is 0. The Bertz CT molecular complexity index is 253. The number of aliphatic carboxylic acids is 1. The predicted octanol–water partition coefficient (Wildman–Crippen LogP) is 0.374. The minimum absolute atomic E-state index is 0.154. The summed E-state index contributed by atoms with van der Waals surface area (Å²) in [5, 5.41) is 20.3. The van der Waals surface area contributed by atoms with E-state index in [2.05, 4.69) is 5.32 Å². The van der Waals surface area contributed by atoms with Gasteiger partial charge in [0, 0.05) is 6.42 Å². The normalized spacial score (nSPS) is 15.5. The van der Waals surface area contributed by atoms with Crippen LogP contribution in [-0.4, -0.2) is 34.2 Å². The van der Waals surface area contributed by atoms with E-state index in [1.54, 1.807) is 0 Å². The van der Waals surface area contributed by atoms with Crippen LogP contribution in [0.2, 0.25) is 0 Å².